The topological polar surface area (TPSA) is 55.1 Å². The Balaban J connectivity index is 1.91. The van der Waals surface area contributed by atoms with Crippen molar-refractivity contribution in [2.24, 2.45) is 5.73 Å². The predicted octanol–water partition coefficient (Wildman–Crippen LogP) is 1.99. The van der Waals surface area contributed by atoms with Crippen LogP contribution in [0.4, 0.5) is 0 Å². The number of nitrogens with one attached hydrogen (secondary N) is 1. The molecular formula is C14H20N2O. The Labute approximate surface area is 102 Å². The van der Waals surface area contributed by atoms with E-state index in [1.165, 1.54) is 5.56 Å². The number of amides is 1. The van der Waals surface area contributed by atoms with Gasteiger partial charge in [0.1, 0.15) is 0 Å². The van der Waals surface area contributed by atoms with Crippen molar-refractivity contribution in [3.8, 4) is 0 Å². The van der Waals surface area contributed by atoms with Gasteiger partial charge in [0.05, 0.1) is 0 Å². The summed E-state index contributed by atoms with van der Waals surface area (Å²) in [6, 6.07) is 8.29. The highest BCUT2D eigenvalue weighted by Gasteiger charge is 2.20. The first-order valence-electron chi connectivity index (χ1n) is 6.28. The second kappa shape index (κ2) is 5.32. The normalized spacial score (nSPS) is 24.4. The number of nitrogens with two attached hydrogens (primary N) is 1. The van der Waals surface area contributed by atoms with Gasteiger partial charge >= 0.3 is 0 Å². The number of benzene rings is 1. The van der Waals surface area contributed by atoms with Crippen LogP contribution >= 0.6 is 0 Å². The minimum absolute atomic E-state index is 0.0328. The van der Waals surface area contributed by atoms with E-state index in [9.17, 15) is 4.79 Å². The molecule has 0 aromatic heterocycles. The third-order valence-electron chi connectivity index (χ3n) is 3.42. The van der Waals surface area contributed by atoms with Crippen molar-refractivity contribution in [2.75, 3.05) is 0 Å². The summed E-state index contributed by atoms with van der Waals surface area (Å²) >= 11 is 0. The van der Waals surface area contributed by atoms with Crippen molar-refractivity contribution in [2.45, 2.75) is 44.7 Å². The standard InChI is InChI=1S/C14H20N2O/c1-10-2-4-11(5-3-10)14(17)16-13-8-6-12(15)7-9-13/h2-5,12-13H,6-9,15H2,1H3,(H,16,17). The molecule has 0 spiro atoms. The average Bonchev–Trinajstić information content (AvgIpc) is 2.33. The lowest BCUT2D eigenvalue weighted by Gasteiger charge is -2.26. The lowest BCUT2D eigenvalue weighted by Crippen LogP contribution is -2.40. The molecule has 0 radical (unpaired) electrons. The van der Waals surface area contributed by atoms with Gasteiger partial charge in [0.15, 0.2) is 0 Å². The third kappa shape index (κ3) is 3.30. The van der Waals surface area contributed by atoms with E-state index in [1.54, 1.807) is 0 Å². The molecule has 17 heavy (non-hydrogen) atoms. The summed E-state index contributed by atoms with van der Waals surface area (Å²) in [5.74, 6) is 0.0328. The van der Waals surface area contributed by atoms with Gasteiger partial charge in [-0.25, -0.2) is 0 Å². The van der Waals surface area contributed by atoms with E-state index in [0.717, 1.165) is 31.2 Å². The van der Waals surface area contributed by atoms with Crippen LogP contribution in [-0.2, 0) is 0 Å². The molecule has 1 aliphatic carbocycles. The van der Waals surface area contributed by atoms with Gasteiger partial charge in [0.2, 0.25) is 0 Å². The highest BCUT2D eigenvalue weighted by Crippen LogP contribution is 2.17. The monoisotopic (exact) mass is 232 g/mol. The van der Waals surface area contributed by atoms with Crippen LogP contribution in [0.3, 0.4) is 0 Å². The fourth-order valence-electron chi connectivity index (χ4n) is 2.24. The molecule has 3 heteroatoms. The molecule has 0 unspecified atom stereocenters. The minimum atomic E-state index is 0.0328. The first-order chi connectivity index (χ1) is 8.15. The maximum Gasteiger partial charge on any atom is 0.251 e. The zero-order chi connectivity index (χ0) is 12.3. The second-order valence-corrected chi connectivity index (χ2v) is 4.95. The van der Waals surface area contributed by atoms with Crippen LogP contribution in [0.25, 0.3) is 0 Å². The quantitative estimate of drug-likeness (QED) is 0.819. The minimum Gasteiger partial charge on any atom is -0.349 e. The van der Waals surface area contributed by atoms with Crippen molar-refractivity contribution >= 4 is 5.91 Å². The van der Waals surface area contributed by atoms with E-state index in [4.69, 9.17) is 5.73 Å². The SMILES string of the molecule is Cc1ccc(C(=O)NC2CCC(N)CC2)cc1. The Hall–Kier alpha value is -1.35. The Morgan fingerprint density at radius 2 is 1.76 bits per heavy atom. The van der Waals surface area contributed by atoms with Crippen molar-refractivity contribution in [3.05, 3.63) is 35.4 Å². The van der Waals surface area contributed by atoms with Crippen molar-refractivity contribution in [1.29, 1.82) is 0 Å². The molecule has 0 atom stereocenters. The molecule has 0 aliphatic heterocycles. The molecule has 3 nitrogen and oxygen atoms in total. The van der Waals surface area contributed by atoms with E-state index >= 15 is 0 Å². The summed E-state index contributed by atoms with van der Waals surface area (Å²) in [4.78, 5) is 12.0. The smallest absolute Gasteiger partial charge is 0.251 e. The van der Waals surface area contributed by atoms with Crippen LogP contribution in [0.5, 0.6) is 0 Å². The van der Waals surface area contributed by atoms with Crippen LogP contribution in [0.15, 0.2) is 24.3 Å². The van der Waals surface area contributed by atoms with Gasteiger partial charge in [-0.1, -0.05) is 17.7 Å². The van der Waals surface area contributed by atoms with Crippen LogP contribution in [0, 0.1) is 6.92 Å². The Morgan fingerprint density at radius 1 is 1.18 bits per heavy atom. The molecule has 1 aromatic carbocycles. The molecule has 1 aliphatic rings. The largest absolute Gasteiger partial charge is 0.349 e. The van der Waals surface area contributed by atoms with Crippen LogP contribution in [0.1, 0.15) is 41.6 Å². The molecular weight excluding hydrogens is 212 g/mol. The lowest BCUT2D eigenvalue weighted by atomic mass is 9.91. The van der Waals surface area contributed by atoms with Crippen molar-refractivity contribution in [1.82, 2.24) is 5.32 Å². The van der Waals surface area contributed by atoms with E-state index in [0.29, 0.717) is 12.1 Å². The van der Waals surface area contributed by atoms with Gasteiger partial charge in [-0.2, -0.15) is 0 Å². The van der Waals surface area contributed by atoms with Gasteiger partial charge in [0.25, 0.3) is 5.91 Å². The fraction of sp³-hybridized carbons (Fsp3) is 0.500. The molecule has 3 N–H and O–H groups in total. The highest BCUT2D eigenvalue weighted by atomic mass is 16.1. The number of hydrogen-bond donors (Lipinski definition) is 2. The molecule has 0 heterocycles. The molecule has 92 valence electrons. The Morgan fingerprint density at radius 3 is 2.35 bits per heavy atom. The summed E-state index contributed by atoms with van der Waals surface area (Å²) in [5.41, 5.74) is 7.76. The fourth-order valence-corrected chi connectivity index (χ4v) is 2.24. The Kier molecular flexibility index (Phi) is 3.79. The number of aryl methyl sites for hydroxylation is 1. The Bertz CT molecular complexity index is 378. The molecule has 2 rings (SSSR count). The van der Waals surface area contributed by atoms with Crippen LogP contribution in [0.2, 0.25) is 0 Å². The molecule has 1 saturated carbocycles. The number of hydrogen-bond acceptors (Lipinski definition) is 2. The molecule has 0 bridgehead atoms. The number of carbonyl (C=O) groups excluding carboxylic acids is 1. The van der Waals surface area contributed by atoms with Gasteiger partial charge in [-0.3, -0.25) is 4.79 Å². The van der Waals surface area contributed by atoms with Gasteiger partial charge in [0, 0.05) is 17.6 Å². The van der Waals surface area contributed by atoms with Gasteiger partial charge in [-0.05, 0) is 44.7 Å². The van der Waals surface area contributed by atoms with Crippen LogP contribution in [-0.4, -0.2) is 18.0 Å². The van der Waals surface area contributed by atoms with E-state index < -0.39 is 0 Å². The number of carbonyl (C=O) groups is 1. The number of rotatable bonds is 2. The van der Waals surface area contributed by atoms with E-state index in [1.807, 2.05) is 31.2 Å². The van der Waals surface area contributed by atoms with E-state index in [2.05, 4.69) is 5.32 Å². The predicted molar refractivity (Wildman–Crippen MR) is 68.9 cm³/mol. The van der Waals surface area contributed by atoms with Crippen LogP contribution < -0.4 is 11.1 Å². The first-order valence-corrected chi connectivity index (χ1v) is 6.28. The second-order valence-electron chi connectivity index (χ2n) is 4.95. The maximum atomic E-state index is 12.0. The summed E-state index contributed by atoms with van der Waals surface area (Å²) in [5, 5.41) is 3.08. The molecule has 0 saturated heterocycles. The zero-order valence-electron chi connectivity index (χ0n) is 10.3. The summed E-state index contributed by atoms with van der Waals surface area (Å²) in [7, 11) is 0. The molecule has 1 fully saturated rings. The zero-order valence-corrected chi connectivity index (χ0v) is 10.3. The van der Waals surface area contributed by atoms with E-state index in [-0.39, 0.29) is 5.91 Å². The third-order valence-corrected chi connectivity index (χ3v) is 3.42. The highest BCUT2D eigenvalue weighted by molar-refractivity contribution is 5.94. The van der Waals surface area contributed by atoms with Crippen molar-refractivity contribution < 1.29 is 4.79 Å². The van der Waals surface area contributed by atoms with Crippen molar-refractivity contribution in [3.63, 3.8) is 0 Å². The first kappa shape index (κ1) is 12.1. The summed E-state index contributed by atoms with van der Waals surface area (Å²) in [6.45, 7) is 2.02. The van der Waals surface area contributed by atoms with Gasteiger partial charge in [-0.15, -0.1) is 0 Å². The summed E-state index contributed by atoms with van der Waals surface area (Å²) < 4.78 is 0. The molecule has 1 aromatic rings. The molecule has 1 amide bonds. The average molecular weight is 232 g/mol. The van der Waals surface area contributed by atoms with Gasteiger partial charge < -0.3 is 11.1 Å². The lowest BCUT2D eigenvalue weighted by molar-refractivity contribution is 0.0926. The summed E-state index contributed by atoms with van der Waals surface area (Å²) in [6.07, 6.45) is 4.02. The maximum absolute atomic E-state index is 12.0.